The summed E-state index contributed by atoms with van der Waals surface area (Å²) in [5.74, 6) is 0.363. The summed E-state index contributed by atoms with van der Waals surface area (Å²) in [5.41, 5.74) is 2.26. The number of hydrogen-bond donors (Lipinski definition) is 0. The van der Waals surface area contributed by atoms with Crippen molar-refractivity contribution in [3.8, 4) is 5.75 Å². The minimum absolute atomic E-state index is 0.132. The molecule has 1 aromatic heterocycles. The first-order valence-electron chi connectivity index (χ1n) is 5.75. The molecule has 100 valence electrons. The molecule has 0 saturated heterocycles. The zero-order valence-corrected chi connectivity index (χ0v) is 11.7. The number of esters is 1. The van der Waals surface area contributed by atoms with Crippen LogP contribution in [0.4, 0.5) is 0 Å². The lowest BCUT2D eigenvalue weighted by Crippen LogP contribution is -2.06. The SMILES string of the molecule is COC(=O)Cc1cc(Cl)cc2c(OC)cc(C)nc12. The Morgan fingerprint density at radius 2 is 2.05 bits per heavy atom. The van der Waals surface area contributed by atoms with Crippen LogP contribution in [0.15, 0.2) is 18.2 Å². The molecule has 0 unspecified atom stereocenters. The van der Waals surface area contributed by atoms with Crippen LogP contribution in [0.5, 0.6) is 5.75 Å². The van der Waals surface area contributed by atoms with Gasteiger partial charge < -0.3 is 9.47 Å². The van der Waals surface area contributed by atoms with Gasteiger partial charge in [-0.2, -0.15) is 0 Å². The van der Waals surface area contributed by atoms with E-state index in [1.807, 2.05) is 13.0 Å². The molecule has 2 rings (SSSR count). The van der Waals surface area contributed by atoms with Crippen LogP contribution < -0.4 is 4.74 Å². The number of carbonyl (C=O) groups is 1. The van der Waals surface area contributed by atoms with Gasteiger partial charge in [0.25, 0.3) is 0 Å². The van der Waals surface area contributed by atoms with E-state index in [0.29, 0.717) is 16.3 Å². The number of nitrogens with zero attached hydrogens (tertiary/aromatic N) is 1. The lowest BCUT2D eigenvalue weighted by molar-refractivity contribution is -0.139. The van der Waals surface area contributed by atoms with Crippen molar-refractivity contribution in [1.82, 2.24) is 4.98 Å². The summed E-state index contributed by atoms with van der Waals surface area (Å²) in [6, 6.07) is 5.34. The zero-order chi connectivity index (χ0) is 14.0. The van der Waals surface area contributed by atoms with Gasteiger partial charge in [-0.05, 0) is 24.6 Å². The van der Waals surface area contributed by atoms with E-state index in [4.69, 9.17) is 16.3 Å². The van der Waals surface area contributed by atoms with Crippen molar-refractivity contribution >= 4 is 28.5 Å². The van der Waals surface area contributed by atoms with Crippen LogP contribution in [0.1, 0.15) is 11.3 Å². The molecular weight excluding hydrogens is 266 g/mol. The molecule has 0 atom stereocenters. The van der Waals surface area contributed by atoms with Crippen LogP contribution in [0.3, 0.4) is 0 Å². The van der Waals surface area contributed by atoms with Crippen molar-refractivity contribution in [1.29, 1.82) is 0 Å². The van der Waals surface area contributed by atoms with Crippen LogP contribution in [-0.4, -0.2) is 25.2 Å². The fourth-order valence-electron chi connectivity index (χ4n) is 1.98. The maximum Gasteiger partial charge on any atom is 0.310 e. The van der Waals surface area contributed by atoms with Crippen LogP contribution in [-0.2, 0) is 16.0 Å². The normalized spacial score (nSPS) is 10.5. The van der Waals surface area contributed by atoms with Gasteiger partial charge in [0, 0.05) is 22.2 Å². The molecule has 0 spiro atoms. The van der Waals surface area contributed by atoms with E-state index in [-0.39, 0.29) is 12.4 Å². The van der Waals surface area contributed by atoms with Crippen molar-refractivity contribution in [2.45, 2.75) is 13.3 Å². The monoisotopic (exact) mass is 279 g/mol. The van der Waals surface area contributed by atoms with Gasteiger partial charge in [0.05, 0.1) is 26.2 Å². The molecule has 0 aliphatic rings. The van der Waals surface area contributed by atoms with Crippen molar-refractivity contribution < 1.29 is 14.3 Å². The number of halogens is 1. The predicted octanol–water partition coefficient (Wildman–Crippen LogP) is 2.92. The summed E-state index contributed by atoms with van der Waals surface area (Å²) in [6.45, 7) is 1.87. The van der Waals surface area contributed by atoms with Gasteiger partial charge in [-0.25, -0.2) is 0 Å². The summed E-state index contributed by atoms with van der Waals surface area (Å²) >= 11 is 6.08. The number of methoxy groups -OCH3 is 2. The van der Waals surface area contributed by atoms with E-state index >= 15 is 0 Å². The molecule has 0 radical (unpaired) electrons. The molecule has 19 heavy (non-hydrogen) atoms. The first-order chi connectivity index (χ1) is 9.05. The van der Waals surface area contributed by atoms with E-state index in [1.54, 1.807) is 19.2 Å². The summed E-state index contributed by atoms with van der Waals surface area (Å²) in [6.07, 6.45) is 0.132. The fourth-order valence-corrected chi connectivity index (χ4v) is 2.22. The molecular formula is C14H14ClNO3. The van der Waals surface area contributed by atoms with Gasteiger partial charge in [-0.15, -0.1) is 0 Å². The summed E-state index contributed by atoms with van der Waals surface area (Å²) in [4.78, 5) is 15.9. The summed E-state index contributed by atoms with van der Waals surface area (Å²) < 4.78 is 10.0. The number of fused-ring (bicyclic) bond motifs is 1. The number of aryl methyl sites for hydroxylation is 1. The number of pyridine rings is 1. The maximum atomic E-state index is 11.5. The second-order valence-corrected chi connectivity index (χ2v) is 4.62. The lowest BCUT2D eigenvalue weighted by atomic mass is 10.1. The van der Waals surface area contributed by atoms with Gasteiger partial charge in [-0.1, -0.05) is 11.6 Å². The number of hydrogen-bond acceptors (Lipinski definition) is 4. The van der Waals surface area contributed by atoms with Crippen molar-refractivity contribution in [2.24, 2.45) is 0 Å². The minimum Gasteiger partial charge on any atom is -0.496 e. The topological polar surface area (TPSA) is 48.4 Å². The molecule has 0 aliphatic carbocycles. The number of aromatic nitrogens is 1. The number of ether oxygens (including phenoxy) is 2. The quantitative estimate of drug-likeness (QED) is 0.811. The number of benzene rings is 1. The van der Waals surface area contributed by atoms with Gasteiger partial charge in [0.15, 0.2) is 0 Å². The van der Waals surface area contributed by atoms with E-state index in [9.17, 15) is 4.79 Å². The van der Waals surface area contributed by atoms with Crippen molar-refractivity contribution in [3.63, 3.8) is 0 Å². The Bertz CT molecular complexity index is 640. The molecule has 0 bridgehead atoms. The maximum absolute atomic E-state index is 11.5. The molecule has 0 saturated carbocycles. The zero-order valence-electron chi connectivity index (χ0n) is 11.0. The third kappa shape index (κ3) is 2.79. The number of carbonyl (C=O) groups excluding carboxylic acids is 1. The fraction of sp³-hybridized carbons (Fsp3) is 0.286. The Labute approximate surface area is 116 Å². The largest absolute Gasteiger partial charge is 0.496 e. The minimum atomic E-state index is -0.328. The van der Waals surface area contributed by atoms with Gasteiger partial charge in [0.1, 0.15) is 5.75 Å². The molecule has 0 amide bonds. The average Bonchev–Trinajstić information content (AvgIpc) is 2.38. The van der Waals surface area contributed by atoms with Gasteiger partial charge >= 0.3 is 5.97 Å². The third-order valence-corrected chi connectivity index (χ3v) is 3.05. The molecule has 0 fully saturated rings. The highest BCUT2D eigenvalue weighted by Gasteiger charge is 2.13. The molecule has 5 heteroatoms. The smallest absolute Gasteiger partial charge is 0.310 e. The van der Waals surface area contributed by atoms with Crippen LogP contribution >= 0.6 is 11.6 Å². The van der Waals surface area contributed by atoms with Crippen LogP contribution in [0.25, 0.3) is 10.9 Å². The highest BCUT2D eigenvalue weighted by atomic mass is 35.5. The average molecular weight is 280 g/mol. The Balaban J connectivity index is 2.69. The molecule has 0 N–H and O–H groups in total. The number of rotatable bonds is 3. The van der Waals surface area contributed by atoms with E-state index < -0.39 is 0 Å². The molecule has 1 heterocycles. The van der Waals surface area contributed by atoms with Crippen molar-refractivity contribution in [3.05, 3.63) is 34.5 Å². The second-order valence-electron chi connectivity index (χ2n) is 4.18. The second kappa shape index (κ2) is 5.45. The van der Waals surface area contributed by atoms with E-state index in [2.05, 4.69) is 9.72 Å². The van der Waals surface area contributed by atoms with Gasteiger partial charge in [0.2, 0.25) is 0 Å². The highest BCUT2D eigenvalue weighted by Crippen LogP contribution is 2.31. The first kappa shape index (κ1) is 13.6. The lowest BCUT2D eigenvalue weighted by Gasteiger charge is -2.10. The van der Waals surface area contributed by atoms with E-state index in [1.165, 1.54) is 7.11 Å². The van der Waals surface area contributed by atoms with Crippen LogP contribution in [0.2, 0.25) is 5.02 Å². The Kier molecular flexibility index (Phi) is 3.90. The molecule has 0 aliphatic heterocycles. The molecule has 2 aromatic rings. The summed E-state index contributed by atoms with van der Waals surface area (Å²) in [5, 5.41) is 1.33. The Morgan fingerprint density at radius 1 is 1.32 bits per heavy atom. The van der Waals surface area contributed by atoms with Gasteiger partial charge in [-0.3, -0.25) is 9.78 Å². The first-order valence-corrected chi connectivity index (χ1v) is 6.13. The Morgan fingerprint density at radius 3 is 2.68 bits per heavy atom. The summed E-state index contributed by atoms with van der Waals surface area (Å²) in [7, 11) is 2.95. The van der Waals surface area contributed by atoms with Crippen LogP contribution in [0, 0.1) is 6.92 Å². The predicted molar refractivity (Wildman–Crippen MR) is 73.8 cm³/mol. The van der Waals surface area contributed by atoms with E-state index in [0.717, 1.165) is 16.6 Å². The standard InChI is InChI=1S/C14H14ClNO3/c1-8-4-12(18-2)11-7-10(15)5-9(14(11)16-8)6-13(17)19-3/h4-5,7H,6H2,1-3H3. The highest BCUT2D eigenvalue weighted by molar-refractivity contribution is 6.31. The molecule has 4 nitrogen and oxygen atoms in total. The molecule has 1 aromatic carbocycles. The Hall–Kier alpha value is -1.81. The third-order valence-electron chi connectivity index (χ3n) is 2.83. The van der Waals surface area contributed by atoms with Crippen molar-refractivity contribution in [2.75, 3.05) is 14.2 Å².